The van der Waals surface area contributed by atoms with E-state index in [2.05, 4.69) is 31.1 Å². The maximum atomic E-state index is 5.79. The molecular weight excluding hydrogens is 248 g/mol. The summed E-state index contributed by atoms with van der Waals surface area (Å²) in [6, 6.07) is 4.45. The fourth-order valence-electron chi connectivity index (χ4n) is 2.02. The summed E-state index contributed by atoms with van der Waals surface area (Å²) in [5.41, 5.74) is 1.04. The van der Waals surface area contributed by atoms with Gasteiger partial charge < -0.3 is 10.1 Å². The molecule has 3 heteroatoms. The summed E-state index contributed by atoms with van der Waals surface area (Å²) in [7, 11) is 0. The minimum Gasteiger partial charge on any atom is -0.493 e. The number of aromatic nitrogens is 1. The number of hydrogen-bond donors (Lipinski definition) is 1. The highest BCUT2D eigenvalue weighted by Gasteiger charge is 2.00. The van der Waals surface area contributed by atoms with Gasteiger partial charge in [0.15, 0.2) is 0 Å². The first-order valence-electron chi connectivity index (χ1n) is 8.03. The molecule has 0 aromatic carbocycles. The molecule has 0 atom stereocenters. The van der Waals surface area contributed by atoms with E-state index in [1.807, 2.05) is 18.3 Å². The molecule has 0 saturated carbocycles. The first kappa shape index (κ1) is 17.0. The lowest BCUT2D eigenvalue weighted by Gasteiger charge is -2.10. The second-order valence-corrected chi connectivity index (χ2v) is 5.63. The Morgan fingerprint density at radius 3 is 2.65 bits per heavy atom. The van der Waals surface area contributed by atoms with Gasteiger partial charge in [-0.2, -0.15) is 0 Å². The number of hydrogen-bond acceptors (Lipinski definition) is 3. The van der Waals surface area contributed by atoms with Crippen LogP contribution >= 0.6 is 0 Å². The third-order valence-corrected chi connectivity index (χ3v) is 3.25. The van der Waals surface area contributed by atoms with Crippen molar-refractivity contribution in [2.24, 2.45) is 0 Å². The van der Waals surface area contributed by atoms with Crippen LogP contribution in [0, 0.1) is 0 Å². The van der Waals surface area contributed by atoms with Crippen molar-refractivity contribution < 1.29 is 4.74 Å². The van der Waals surface area contributed by atoms with Crippen LogP contribution in [0.15, 0.2) is 18.3 Å². The van der Waals surface area contributed by atoms with Gasteiger partial charge in [0.2, 0.25) is 0 Å². The number of unbranched alkanes of at least 4 members (excludes halogenated alkanes) is 5. The normalized spacial score (nSPS) is 11.0. The number of pyridine rings is 1. The van der Waals surface area contributed by atoms with Gasteiger partial charge >= 0.3 is 0 Å². The van der Waals surface area contributed by atoms with Gasteiger partial charge in [0, 0.05) is 24.8 Å². The van der Waals surface area contributed by atoms with Gasteiger partial charge in [0.05, 0.1) is 12.3 Å². The minimum atomic E-state index is 0.476. The minimum absolute atomic E-state index is 0.476. The summed E-state index contributed by atoms with van der Waals surface area (Å²) in [6.07, 6.45) is 9.60. The van der Waals surface area contributed by atoms with Crippen LogP contribution in [0.1, 0.15) is 65.0 Å². The first-order chi connectivity index (χ1) is 9.72. The highest BCUT2D eigenvalue weighted by atomic mass is 16.5. The third kappa shape index (κ3) is 8.16. The predicted octanol–water partition coefficient (Wildman–Crippen LogP) is 4.32. The molecule has 1 rings (SSSR count). The van der Waals surface area contributed by atoms with Crippen LogP contribution in [0.25, 0.3) is 0 Å². The highest BCUT2D eigenvalue weighted by Crippen LogP contribution is 2.12. The van der Waals surface area contributed by atoms with Crippen molar-refractivity contribution in [2.45, 2.75) is 71.9 Å². The van der Waals surface area contributed by atoms with E-state index in [9.17, 15) is 0 Å². The molecule has 0 amide bonds. The maximum Gasteiger partial charge on any atom is 0.122 e. The molecule has 114 valence electrons. The summed E-state index contributed by atoms with van der Waals surface area (Å²) < 4.78 is 5.79. The van der Waals surface area contributed by atoms with E-state index >= 15 is 0 Å². The predicted molar refractivity (Wildman–Crippen MR) is 85.1 cm³/mol. The molecule has 0 unspecified atom stereocenters. The van der Waals surface area contributed by atoms with Crippen molar-refractivity contribution in [2.75, 3.05) is 6.61 Å². The van der Waals surface area contributed by atoms with Crippen LogP contribution < -0.4 is 10.1 Å². The number of rotatable bonds is 11. The van der Waals surface area contributed by atoms with E-state index in [-0.39, 0.29) is 0 Å². The van der Waals surface area contributed by atoms with Crippen molar-refractivity contribution >= 4 is 0 Å². The van der Waals surface area contributed by atoms with Gasteiger partial charge in [-0.15, -0.1) is 0 Å². The summed E-state index contributed by atoms with van der Waals surface area (Å²) >= 11 is 0. The van der Waals surface area contributed by atoms with Crippen LogP contribution in [0.5, 0.6) is 5.75 Å². The van der Waals surface area contributed by atoms with Gasteiger partial charge in [-0.1, -0.05) is 52.9 Å². The van der Waals surface area contributed by atoms with Crippen LogP contribution in [0.2, 0.25) is 0 Å². The smallest absolute Gasteiger partial charge is 0.122 e. The lowest BCUT2D eigenvalue weighted by atomic mass is 10.1. The fourth-order valence-corrected chi connectivity index (χ4v) is 2.02. The molecular formula is C17H30N2O. The number of nitrogens with zero attached hydrogens (tertiary/aromatic N) is 1. The molecule has 20 heavy (non-hydrogen) atoms. The van der Waals surface area contributed by atoms with Crippen molar-refractivity contribution in [1.82, 2.24) is 10.3 Å². The largest absolute Gasteiger partial charge is 0.493 e. The second-order valence-electron chi connectivity index (χ2n) is 5.63. The first-order valence-corrected chi connectivity index (χ1v) is 8.03. The molecule has 0 spiro atoms. The van der Waals surface area contributed by atoms with Gasteiger partial charge in [-0.05, 0) is 12.5 Å². The average Bonchev–Trinajstić information content (AvgIpc) is 2.45. The van der Waals surface area contributed by atoms with E-state index in [0.717, 1.165) is 31.0 Å². The van der Waals surface area contributed by atoms with Gasteiger partial charge in [-0.3, -0.25) is 4.98 Å². The average molecular weight is 278 g/mol. The number of nitrogens with one attached hydrogen (secondary N) is 1. The Hall–Kier alpha value is -1.09. The molecule has 0 radical (unpaired) electrons. The molecule has 0 aliphatic heterocycles. The molecule has 3 nitrogen and oxygen atoms in total. The lowest BCUT2D eigenvalue weighted by Crippen LogP contribution is -2.22. The van der Waals surface area contributed by atoms with Crippen molar-refractivity contribution in [3.63, 3.8) is 0 Å². The SMILES string of the molecule is CCCCCCCCOc1ccnc(CNC(C)C)c1. The Morgan fingerprint density at radius 2 is 1.90 bits per heavy atom. The lowest BCUT2D eigenvalue weighted by molar-refractivity contribution is 0.303. The van der Waals surface area contributed by atoms with E-state index in [4.69, 9.17) is 4.74 Å². The number of ether oxygens (including phenoxy) is 1. The Labute approximate surface area is 124 Å². The molecule has 0 saturated heterocycles. The van der Waals surface area contributed by atoms with Crippen LogP contribution in [0.4, 0.5) is 0 Å². The van der Waals surface area contributed by atoms with Crippen molar-refractivity contribution in [3.05, 3.63) is 24.0 Å². The molecule has 1 heterocycles. The van der Waals surface area contributed by atoms with Gasteiger partial charge in [0.1, 0.15) is 5.75 Å². The zero-order chi connectivity index (χ0) is 14.6. The summed E-state index contributed by atoms with van der Waals surface area (Å²) in [5.74, 6) is 0.939. The van der Waals surface area contributed by atoms with E-state index in [1.54, 1.807) is 0 Å². The Morgan fingerprint density at radius 1 is 1.15 bits per heavy atom. The molecule has 1 N–H and O–H groups in total. The topological polar surface area (TPSA) is 34.1 Å². The standard InChI is InChI=1S/C17H30N2O/c1-4-5-6-7-8-9-12-20-17-10-11-18-16(13-17)14-19-15(2)3/h10-11,13,15,19H,4-9,12,14H2,1-3H3. The van der Waals surface area contributed by atoms with Crippen molar-refractivity contribution in [1.29, 1.82) is 0 Å². The molecule has 0 bridgehead atoms. The molecule has 0 aliphatic rings. The Kier molecular flexibility index (Phi) is 9.05. The van der Waals surface area contributed by atoms with Gasteiger partial charge in [0.25, 0.3) is 0 Å². The van der Waals surface area contributed by atoms with E-state index in [1.165, 1.54) is 32.1 Å². The zero-order valence-electron chi connectivity index (χ0n) is 13.3. The van der Waals surface area contributed by atoms with Crippen LogP contribution in [-0.4, -0.2) is 17.6 Å². The zero-order valence-corrected chi connectivity index (χ0v) is 13.3. The Bertz CT molecular complexity index is 353. The van der Waals surface area contributed by atoms with Crippen molar-refractivity contribution in [3.8, 4) is 5.75 Å². The van der Waals surface area contributed by atoms with Crippen LogP contribution in [-0.2, 0) is 6.54 Å². The van der Waals surface area contributed by atoms with E-state index < -0.39 is 0 Å². The summed E-state index contributed by atoms with van der Waals surface area (Å²) in [4.78, 5) is 4.35. The van der Waals surface area contributed by atoms with E-state index in [0.29, 0.717) is 6.04 Å². The summed E-state index contributed by atoms with van der Waals surface area (Å²) in [6.45, 7) is 8.13. The molecule has 0 fully saturated rings. The molecule has 1 aromatic rings. The second kappa shape index (κ2) is 10.7. The fraction of sp³-hybridized carbons (Fsp3) is 0.706. The molecule has 1 aromatic heterocycles. The monoisotopic (exact) mass is 278 g/mol. The van der Waals surface area contributed by atoms with Gasteiger partial charge in [-0.25, -0.2) is 0 Å². The third-order valence-electron chi connectivity index (χ3n) is 3.25. The molecule has 0 aliphatic carbocycles. The highest BCUT2D eigenvalue weighted by molar-refractivity contribution is 5.22. The Balaban J connectivity index is 2.18. The quantitative estimate of drug-likeness (QED) is 0.612. The maximum absolute atomic E-state index is 5.79. The van der Waals surface area contributed by atoms with Crippen LogP contribution in [0.3, 0.4) is 0 Å². The summed E-state index contributed by atoms with van der Waals surface area (Å²) in [5, 5.41) is 3.37.